The van der Waals surface area contributed by atoms with E-state index in [1.807, 2.05) is 0 Å². The van der Waals surface area contributed by atoms with Crippen LogP contribution in [0, 0.1) is 0 Å². The number of benzene rings is 1. The van der Waals surface area contributed by atoms with Crippen molar-refractivity contribution in [1.29, 1.82) is 0 Å². The molecule has 3 N–H and O–H groups in total. The lowest BCUT2D eigenvalue weighted by Gasteiger charge is -2.44. The number of ether oxygens (including phenoxy) is 5. The number of esters is 3. The number of nitrogens with two attached hydrogens (primary N) is 1. The van der Waals surface area contributed by atoms with Crippen molar-refractivity contribution in [2.45, 2.75) is 65.3 Å². The molecule has 196 valence electrons. The van der Waals surface area contributed by atoms with Crippen LogP contribution in [0.5, 0.6) is 5.75 Å². The predicted octanol–water partition coefficient (Wildman–Crippen LogP) is 0.0230. The van der Waals surface area contributed by atoms with E-state index in [2.05, 4.69) is 5.32 Å². The van der Waals surface area contributed by atoms with Crippen molar-refractivity contribution in [1.82, 2.24) is 5.32 Å². The number of Topliss-reactive ketones (excluding diaryl/α,β-unsaturated/α-hetero) is 1. The van der Waals surface area contributed by atoms with Crippen LogP contribution in [-0.2, 0) is 38.1 Å². The third-order valence-electron chi connectivity index (χ3n) is 4.97. The zero-order valence-electron chi connectivity index (χ0n) is 20.4. The summed E-state index contributed by atoms with van der Waals surface area (Å²) in [6.07, 6.45) is -5.31. The Kier molecular flexibility index (Phi) is 9.50. The molecule has 5 atom stereocenters. The molecule has 0 bridgehead atoms. The molecule has 1 aliphatic rings. The van der Waals surface area contributed by atoms with Gasteiger partial charge < -0.3 is 34.7 Å². The molecule has 0 radical (unpaired) electrons. The monoisotopic (exact) mass is 508 g/mol. The van der Waals surface area contributed by atoms with Crippen molar-refractivity contribution in [3.63, 3.8) is 0 Å². The van der Waals surface area contributed by atoms with Crippen molar-refractivity contribution in [3.05, 3.63) is 29.3 Å². The molecule has 0 aromatic heterocycles. The van der Waals surface area contributed by atoms with E-state index in [-0.39, 0.29) is 22.7 Å². The Bertz CT molecular complexity index is 1050. The lowest BCUT2D eigenvalue weighted by atomic mass is 9.96. The molecule has 2 rings (SSSR count). The molecule has 36 heavy (non-hydrogen) atoms. The Hall–Kier alpha value is -4.00. The van der Waals surface area contributed by atoms with Gasteiger partial charge in [0, 0.05) is 33.3 Å². The van der Waals surface area contributed by atoms with Gasteiger partial charge in [0.05, 0.1) is 5.56 Å². The lowest BCUT2D eigenvalue weighted by molar-refractivity contribution is -0.257. The van der Waals surface area contributed by atoms with Crippen LogP contribution < -0.4 is 15.8 Å². The fraction of sp³-hybridized carbons (Fsp3) is 0.478. The largest absolute Gasteiger partial charge is 0.463 e. The molecule has 1 saturated heterocycles. The fourth-order valence-electron chi connectivity index (χ4n) is 3.56. The SMILES string of the molecule is CC(=O)NC1C(Oc2ccc(C(C)=O)cc2C(N)=O)OC(COC(C)=O)C(OC(C)=O)C1OC(C)=O. The van der Waals surface area contributed by atoms with Gasteiger partial charge in [0.2, 0.25) is 12.2 Å². The highest BCUT2D eigenvalue weighted by molar-refractivity contribution is 6.00. The number of hydrogen-bond donors (Lipinski definition) is 2. The molecule has 1 fully saturated rings. The highest BCUT2D eigenvalue weighted by atomic mass is 16.7. The summed E-state index contributed by atoms with van der Waals surface area (Å²) in [7, 11) is 0. The highest BCUT2D eigenvalue weighted by Crippen LogP contribution is 2.30. The first-order valence-electron chi connectivity index (χ1n) is 10.8. The van der Waals surface area contributed by atoms with Gasteiger partial charge in [0.25, 0.3) is 5.91 Å². The maximum absolute atomic E-state index is 12.1. The van der Waals surface area contributed by atoms with Crippen LogP contribution in [0.15, 0.2) is 18.2 Å². The molecule has 2 amide bonds. The summed E-state index contributed by atoms with van der Waals surface area (Å²) in [6.45, 7) is 5.42. The summed E-state index contributed by atoms with van der Waals surface area (Å²) in [5, 5.41) is 2.54. The minimum absolute atomic E-state index is 0.105. The zero-order chi connectivity index (χ0) is 27.2. The molecule has 1 aliphatic heterocycles. The van der Waals surface area contributed by atoms with Gasteiger partial charge >= 0.3 is 17.9 Å². The third-order valence-corrected chi connectivity index (χ3v) is 4.97. The Labute approximate surface area is 206 Å². The molecule has 13 nitrogen and oxygen atoms in total. The summed E-state index contributed by atoms with van der Waals surface area (Å²) in [6, 6.07) is 2.68. The van der Waals surface area contributed by atoms with Crippen molar-refractivity contribution in [3.8, 4) is 5.75 Å². The first-order chi connectivity index (χ1) is 16.8. The van der Waals surface area contributed by atoms with Gasteiger partial charge in [0.1, 0.15) is 24.5 Å². The van der Waals surface area contributed by atoms with E-state index in [1.165, 1.54) is 32.0 Å². The molecular weight excluding hydrogens is 480 g/mol. The zero-order valence-corrected chi connectivity index (χ0v) is 20.4. The maximum atomic E-state index is 12.1. The van der Waals surface area contributed by atoms with Gasteiger partial charge in [-0.15, -0.1) is 0 Å². The normalized spacial score (nSPS) is 23.1. The summed E-state index contributed by atoms with van der Waals surface area (Å²) in [5.74, 6) is -4.11. The summed E-state index contributed by atoms with van der Waals surface area (Å²) >= 11 is 0. The molecule has 0 aliphatic carbocycles. The minimum Gasteiger partial charge on any atom is -0.463 e. The molecule has 0 spiro atoms. The number of rotatable bonds is 9. The second-order valence-corrected chi connectivity index (χ2v) is 7.97. The molecule has 1 aromatic carbocycles. The average Bonchev–Trinajstić information content (AvgIpc) is 2.75. The highest BCUT2D eigenvalue weighted by Gasteiger charge is 2.52. The van der Waals surface area contributed by atoms with Gasteiger partial charge in [-0.25, -0.2) is 0 Å². The number of ketones is 1. The fourth-order valence-corrected chi connectivity index (χ4v) is 3.56. The van der Waals surface area contributed by atoms with Gasteiger partial charge in [-0.3, -0.25) is 28.8 Å². The van der Waals surface area contributed by atoms with Crippen molar-refractivity contribution in [2.24, 2.45) is 5.73 Å². The second kappa shape index (κ2) is 12.1. The summed E-state index contributed by atoms with van der Waals surface area (Å²) in [4.78, 5) is 71.0. The standard InChI is InChI=1S/C23H28N2O11/c1-10(26)15-6-7-17(16(8-15)22(24)31)35-23-19(25-11(2)27)21(34-14(5)30)20(33-13(4)29)18(36-23)9-32-12(3)28/h6-8,18-21,23H,9H2,1-5H3,(H2,24,31)(H,25,27). The minimum atomic E-state index is -1.45. The van der Waals surface area contributed by atoms with Crippen molar-refractivity contribution < 1.29 is 52.5 Å². The van der Waals surface area contributed by atoms with E-state index in [0.29, 0.717) is 0 Å². The van der Waals surface area contributed by atoms with Crippen LogP contribution in [0.4, 0.5) is 0 Å². The molecular formula is C23H28N2O11. The third kappa shape index (κ3) is 7.50. The van der Waals surface area contributed by atoms with Gasteiger partial charge in [-0.1, -0.05) is 0 Å². The van der Waals surface area contributed by atoms with E-state index in [0.717, 1.165) is 20.8 Å². The summed E-state index contributed by atoms with van der Waals surface area (Å²) < 4.78 is 27.5. The maximum Gasteiger partial charge on any atom is 0.303 e. The predicted molar refractivity (Wildman–Crippen MR) is 120 cm³/mol. The van der Waals surface area contributed by atoms with Crippen LogP contribution >= 0.6 is 0 Å². The first kappa shape index (κ1) is 28.2. The Morgan fingerprint density at radius 3 is 2.03 bits per heavy atom. The van der Waals surface area contributed by atoms with Crippen molar-refractivity contribution in [2.75, 3.05) is 6.61 Å². The Balaban J connectivity index is 2.57. The Morgan fingerprint density at radius 2 is 1.53 bits per heavy atom. The number of nitrogens with one attached hydrogen (secondary N) is 1. The first-order valence-corrected chi connectivity index (χ1v) is 10.8. The lowest BCUT2D eigenvalue weighted by Crippen LogP contribution is -2.67. The summed E-state index contributed by atoms with van der Waals surface area (Å²) in [5.41, 5.74) is 5.49. The van der Waals surface area contributed by atoms with Crippen LogP contribution in [0.3, 0.4) is 0 Å². The molecule has 13 heteroatoms. The molecule has 0 saturated carbocycles. The van der Waals surface area contributed by atoms with Crippen LogP contribution in [0.1, 0.15) is 55.3 Å². The molecule has 1 heterocycles. The number of carbonyl (C=O) groups excluding carboxylic acids is 6. The number of amides is 2. The van der Waals surface area contributed by atoms with Crippen LogP contribution in [0.2, 0.25) is 0 Å². The van der Waals surface area contributed by atoms with Crippen LogP contribution in [0.25, 0.3) is 0 Å². The van der Waals surface area contributed by atoms with E-state index in [4.69, 9.17) is 29.4 Å². The number of primary amides is 1. The number of carbonyl (C=O) groups is 6. The Morgan fingerprint density at radius 1 is 0.917 bits per heavy atom. The van der Waals surface area contributed by atoms with Gasteiger partial charge in [0.15, 0.2) is 18.0 Å². The van der Waals surface area contributed by atoms with E-state index >= 15 is 0 Å². The topological polar surface area (TPSA) is 187 Å². The quantitative estimate of drug-likeness (QED) is 0.260. The van der Waals surface area contributed by atoms with Gasteiger partial charge in [-0.05, 0) is 25.1 Å². The number of hydrogen-bond acceptors (Lipinski definition) is 11. The van der Waals surface area contributed by atoms with Crippen LogP contribution in [-0.4, -0.2) is 72.8 Å². The van der Waals surface area contributed by atoms with Crippen molar-refractivity contribution >= 4 is 35.5 Å². The second-order valence-electron chi connectivity index (χ2n) is 7.97. The van der Waals surface area contributed by atoms with E-state index in [1.54, 1.807) is 0 Å². The van der Waals surface area contributed by atoms with E-state index < -0.39 is 67.0 Å². The van der Waals surface area contributed by atoms with E-state index in [9.17, 15) is 28.8 Å². The average molecular weight is 508 g/mol. The molecule has 1 aromatic rings. The van der Waals surface area contributed by atoms with Gasteiger partial charge in [-0.2, -0.15) is 0 Å². The smallest absolute Gasteiger partial charge is 0.303 e. The molecule has 5 unspecified atom stereocenters.